The second kappa shape index (κ2) is 8.52. The Morgan fingerprint density at radius 1 is 1.00 bits per heavy atom. The highest BCUT2D eigenvalue weighted by Gasteiger charge is 2.14. The van der Waals surface area contributed by atoms with Crippen LogP contribution in [0.3, 0.4) is 0 Å². The van der Waals surface area contributed by atoms with Crippen molar-refractivity contribution in [2.45, 2.75) is 13.5 Å². The van der Waals surface area contributed by atoms with Gasteiger partial charge in [0.2, 0.25) is 0 Å². The zero-order chi connectivity index (χ0) is 20.1. The third-order valence-corrected chi connectivity index (χ3v) is 4.60. The van der Waals surface area contributed by atoms with Crippen LogP contribution < -0.4 is 10.1 Å². The number of hydrogen-bond donors (Lipinski definition) is 1. The SMILES string of the molecule is CCOc1cccc(-c2cc(C(=O)NCc3ccncc3)c3ccccc3n2)c1. The Balaban J connectivity index is 1.71. The first-order valence-corrected chi connectivity index (χ1v) is 9.54. The average Bonchev–Trinajstić information content (AvgIpc) is 2.78. The molecule has 5 heteroatoms. The number of benzene rings is 2. The van der Waals surface area contributed by atoms with E-state index < -0.39 is 0 Å². The zero-order valence-corrected chi connectivity index (χ0v) is 16.1. The van der Waals surface area contributed by atoms with Crippen LogP contribution in [0.5, 0.6) is 5.75 Å². The van der Waals surface area contributed by atoms with E-state index in [4.69, 9.17) is 9.72 Å². The predicted molar refractivity (Wildman–Crippen MR) is 114 cm³/mol. The Labute approximate surface area is 169 Å². The van der Waals surface area contributed by atoms with Crippen LogP contribution >= 0.6 is 0 Å². The number of nitrogens with one attached hydrogen (secondary N) is 1. The van der Waals surface area contributed by atoms with E-state index in [0.717, 1.165) is 33.5 Å². The summed E-state index contributed by atoms with van der Waals surface area (Å²) in [7, 11) is 0. The standard InChI is InChI=1S/C24H21N3O2/c1-2-29-19-7-5-6-18(14-19)23-15-21(20-8-3-4-9-22(20)27-23)24(28)26-16-17-10-12-25-13-11-17/h3-15H,2,16H2,1H3,(H,26,28). The molecule has 5 nitrogen and oxygen atoms in total. The van der Waals surface area contributed by atoms with Crippen LogP contribution in [0.2, 0.25) is 0 Å². The van der Waals surface area contributed by atoms with Crippen LogP contribution in [-0.4, -0.2) is 22.5 Å². The number of aromatic nitrogens is 2. The summed E-state index contributed by atoms with van der Waals surface area (Å²) in [5, 5.41) is 3.82. The van der Waals surface area contributed by atoms with Gasteiger partial charge in [0.15, 0.2) is 0 Å². The molecule has 0 aliphatic heterocycles. The lowest BCUT2D eigenvalue weighted by molar-refractivity contribution is 0.0952. The van der Waals surface area contributed by atoms with Gasteiger partial charge in [0.25, 0.3) is 5.91 Å². The fourth-order valence-corrected chi connectivity index (χ4v) is 3.20. The van der Waals surface area contributed by atoms with E-state index in [0.29, 0.717) is 18.7 Å². The quantitative estimate of drug-likeness (QED) is 0.527. The first kappa shape index (κ1) is 18.6. The number of amides is 1. The highest BCUT2D eigenvalue weighted by Crippen LogP contribution is 2.27. The van der Waals surface area contributed by atoms with E-state index in [-0.39, 0.29) is 5.91 Å². The third kappa shape index (κ3) is 4.24. The van der Waals surface area contributed by atoms with Crippen molar-refractivity contribution in [3.63, 3.8) is 0 Å². The third-order valence-electron chi connectivity index (χ3n) is 4.60. The van der Waals surface area contributed by atoms with Gasteiger partial charge in [-0.1, -0.05) is 30.3 Å². The van der Waals surface area contributed by atoms with Gasteiger partial charge in [0.1, 0.15) is 5.75 Å². The maximum atomic E-state index is 13.0. The van der Waals surface area contributed by atoms with Gasteiger partial charge in [-0.2, -0.15) is 0 Å². The molecule has 0 bridgehead atoms. The molecule has 0 spiro atoms. The maximum Gasteiger partial charge on any atom is 0.252 e. The summed E-state index contributed by atoms with van der Waals surface area (Å²) in [5.41, 5.74) is 4.02. The van der Waals surface area contributed by atoms with Crippen molar-refractivity contribution >= 4 is 16.8 Å². The summed E-state index contributed by atoms with van der Waals surface area (Å²) in [4.78, 5) is 21.8. The first-order valence-electron chi connectivity index (χ1n) is 9.54. The minimum absolute atomic E-state index is 0.136. The molecule has 0 atom stereocenters. The Hall–Kier alpha value is -3.73. The molecular weight excluding hydrogens is 362 g/mol. The summed E-state index contributed by atoms with van der Waals surface area (Å²) in [6, 6.07) is 21.1. The van der Waals surface area contributed by atoms with E-state index >= 15 is 0 Å². The molecule has 0 unspecified atom stereocenters. The highest BCUT2D eigenvalue weighted by atomic mass is 16.5. The second-order valence-corrected chi connectivity index (χ2v) is 6.57. The molecule has 2 heterocycles. The molecular formula is C24H21N3O2. The molecule has 0 aliphatic rings. The molecule has 2 aromatic carbocycles. The van der Waals surface area contributed by atoms with Crippen molar-refractivity contribution in [1.29, 1.82) is 0 Å². The number of carbonyl (C=O) groups is 1. The number of para-hydroxylation sites is 1. The van der Waals surface area contributed by atoms with Crippen LogP contribution in [0.1, 0.15) is 22.8 Å². The Kier molecular flexibility index (Phi) is 5.47. The van der Waals surface area contributed by atoms with Crippen molar-refractivity contribution in [2.24, 2.45) is 0 Å². The number of pyridine rings is 2. The van der Waals surface area contributed by atoms with E-state index in [1.165, 1.54) is 0 Å². The van der Waals surface area contributed by atoms with Crippen molar-refractivity contribution in [2.75, 3.05) is 6.61 Å². The van der Waals surface area contributed by atoms with E-state index in [2.05, 4.69) is 10.3 Å². The lowest BCUT2D eigenvalue weighted by Gasteiger charge is -2.11. The molecule has 144 valence electrons. The number of hydrogen-bond acceptors (Lipinski definition) is 4. The molecule has 29 heavy (non-hydrogen) atoms. The van der Waals surface area contributed by atoms with Gasteiger partial charge in [0.05, 0.1) is 23.4 Å². The van der Waals surface area contributed by atoms with Crippen LogP contribution in [0.15, 0.2) is 79.1 Å². The molecule has 0 saturated carbocycles. The number of ether oxygens (including phenoxy) is 1. The Bertz CT molecular complexity index is 1140. The molecule has 4 aromatic rings. The molecule has 0 saturated heterocycles. The van der Waals surface area contributed by atoms with Gasteiger partial charge in [-0.15, -0.1) is 0 Å². The minimum atomic E-state index is -0.136. The molecule has 0 aliphatic carbocycles. The number of carbonyl (C=O) groups excluding carboxylic acids is 1. The van der Waals surface area contributed by atoms with Gasteiger partial charge >= 0.3 is 0 Å². The van der Waals surface area contributed by atoms with Gasteiger partial charge in [-0.3, -0.25) is 9.78 Å². The molecule has 1 N–H and O–H groups in total. The lowest BCUT2D eigenvalue weighted by Crippen LogP contribution is -2.23. The predicted octanol–water partition coefficient (Wildman–Crippen LogP) is 4.63. The van der Waals surface area contributed by atoms with Gasteiger partial charge in [-0.25, -0.2) is 4.98 Å². The van der Waals surface area contributed by atoms with E-state index in [9.17, 15) is 4.79 Å². The van der Waals surface area contributed by atoms with Crippen LogP contribution in [0.25, 0.3) is 22.2 Å². The normalized spacial score (nSPS) is 10.7. The first-order chi connectivity index (χ1) is 14.2. The van der Waals surface area contributed by atoms with E-state index in [1.807, 2.05) is 73.7 Å². The van der Waals surface area contributed by atoms with Crippen molar-refractivity contribution < 1.29 is 9.53 Å². The summed E-state index contributed by atoms with van der Waals surface area (Å²) < 4.78 is 5.61. The average molecular weight is 383 g/mol. The van der Waals surface area contributed by atoms with Crippen LogP contribution in [-0.2, 0) is 6.54 Å². The Morgan fingerprint density at radius 3 is 2.66 bits per heavy atom. The number of fused-ring (bicyclic) bond motifs is 1. The molecule has 1 amide bonds. The molecule has 0 fully saturated rings. The number of rotatable bonds is 6. The summed E-state index contributed by atoms with van der Waals surface area (Å²) in [5.74, 6) is 0.645. The Morgan fingerprint density at radius 2 is 1.83 bits per heavy atom. The fourth-order valence-electron chi connectivity index (χ4n) is 3.20. The van der Waals surface area contributed by atoms with Crippen LogP contribution in [0, 0.1) is 0 Å². The zero-order valence-electron chi connectivity index (χ0n) is 16.1. The molecule has 4 rings (SSSR count). The van der Waals surface area contributed by atoms with E-state index in [1.54, 1.807) is 12.4 Å². The summed E-state index contributed by atoms with van der Waals surface area (Å²) >= 11 is 0. The topological polar surface area (TPSA) is 64.1 Å². The fraction of sp³-hybridized carbons (Fsp3) is 0.125. The monoisotopic (exact) mass is 383 g/mol. The largest absolute Gasteiger partial charge is 0.494 e. The minimum Gasteiger partial charge on any atom is -0.494 e. The van der Waals surface area contributed by atoms with Gasteiger partial charge in [0, 0.05) is 29.9 Å². The van der Waals surface area contributed by atoms with Crippen molar-refractivity contribution in [3.8, 4) is 17.0 Å². The summed E-state index contributed by atoms with van der Waals surface area (Å²) in [6.07, 6.45) is 3.43. The van der Waals surface area contributed by atoms with Gasteiger partial charge in [-0.05, 0) is 48.9 Å². The lowest BCUT2D eigenvalue weighted by atomic mass is 10.0. The molecule has 0 radical (unpaired) electrons. The van der Waals surface area contributed by atoms with Crippen LogP contribution in [0.4, 0.5) is 0 Å². The van der Waals surface area contributed by atoms with Gasteiger partial charge < -0.3 is 10.1 Å². The smallest absolute Gasteiger partial charge is 0.252 e. The van der Waals surface area contributed by atoms with Crippen molar-refractivity contribution in [1.82, 2.24) is 15.3 Å². The second-order valence-electron chi connectivity index (χ2n) is 6.57. The summed E-state index contributed by atoms with van der Waals surface area (Å²) in [6.45, 7) is 2.98. The number of nitrogens with zero attached hydrogens (tertiary/aromatic N) is 2. The highest BCUT2D eigenvalue weighted by molar-refractivity contribution is 6.07. The maximum absolute atomic E-state index is 13.0. The molecule has 2 aromatic heterocycles. The van der Waals surface area contributed by atoms with Crippen molar-refractivity contribution in [3.05, 3.63) is 90.3 Å².